The number of anilines is 1. The van der Waals surface area contributed by atoms with Crippen LogP contribution in [-0.2, 0) is 4.79 Å². The van der Waals surface area contributed by atoms with Crippen LogP contribution in [0, 0.1) is 10.1 Å². The second-order valence-corrected chi connectivity index (χ2v) is 9.78. The second-order valence-electron chi connectivity index (χ2n) is 7.57. The largest absolute Gasteiger partial charge is 0.460 e. The maximum Gasteiger partial charge on any atom is 0.460 e. The number of hydrogen-bond acceptors (Lipinski definition) is 6. The number of carbonyl (C=O) groups is 1. The van der Waals surface area contributed by atoms with Crippen LogP contribution in [0.3, 0.4) is 0 Å². The first-order valence-electron chi connectivity index (χ1n) is 10.2. The van der Waals surface area contributed by atoms with Crippen LogP contribution in [0.2, 0.25) is 0 Å². The zero-order chi connectivity index (χ0) is 26.7. The minimum Gasteiger partial charge on any atom is -0.368 e. The number of para-hydroxylation sites is 1. The summed E-state index contributed by atoms with van der Waals surface area (Å²) in [5.74, 6) is -6.90. The molecule has 196 valence electrons. The highest BCUT2D eigenvalue weighted by molar-refractivity contribution is 8.00. The van der Waals surface area contributed by atoms with Crippen LogP contribution in [0.25, 0.3) is 0 Å². The minimum atomic E-state index is -6.52. The van der Waals surface area contributed by atoms with Crippen LogP contribution in [0.15, 0.2) is 58.3 Å². The molecular formula is C21H18F7N3O3S2. The lowest BCUT2D eigenvalue weighted by Gasteiger charge is -2.36. The number of amides is 1. The Bertz CT molecular complexity index is 1100. The molecule has 0 unspecified atom stereocenters. The molecule has 0 saturated carbocycles. The first-order chi connectivity index (χ1) is 16.7. The number of alkyl halides is 7. The van der Waals surface area contributed by atoms with Crippen LogP contribution < -0.4 is 4.90 Å². The Hall–Kier alpha value is -2.68. The Balaban J connectivity index is 1.64. The van der Waals surface area contributed by atoms with Gasteiger partial charge in [0.25, 0.3) is 5.69 Å². The van der Waals surface area contributed by atoms with Crippen LogP contribution in [0.1, 0.15) is 0 Å². The molecule has 0 atom stereocenters. The lowest BCUT2D eigenvalue weighted by Crippen LogP contribution is -2.49. The third-order valence-electron chi connectivity index (χ3n) is 5.20. The molecule has 3 rings (SSSR count). The molecule has 0 bridgehead atoms. The van der Waals surface area contributed by atoms with E-state index < -0.39 is 44.6 Å². The van der Waals surface area contributed by atoms with E-state index in [-0.39, 0.29) is 16.6 Å². The quantitative estimate of drug-likeness (QED) is 0.174. The molecule has 1 saturated heterocycles. The van der Waals surface area contributed by atoms with Crippen molar-refractivity contribution in [3.05, 3.63) is 58.6 Å². The van der Waals surface area contributed by atoms with Crippen molar-refractivity contribution in [3.63, 3.8) is 0 Å². The lowest BCUT2D eigenvalue weighted by atomic mass is 10.2. The topological polar surface area (TPSA) is 66.7 Å². The number of nitro benzene ring substituents is 1. The van der Waals surface area contributed by atoms with Crippen molar-refractivity contribution in [3.8, 4) is 0 Å². The molecule has 0 aliphatic carbocycles. The summed E-state index contributed by atoms with van der Waals surface area (Å²) >= 11 is -0.392. The van der Waals surface area contributed by atoms with E-state index in [0.29, 0.717) is 32.2 Å². The average Bonchev–Trinajstić information content (AvgIpc) is 2.82. The fourth-order valence-electron chi connectivity index (χ4n) is 3.29. The summed E-state index contributed by atoms with van der Waals surface area (Å²) < 4.78 is 90.7. The van der Waals surface area contributed by atoms with E-state index in [1.807, 2.05) is 30.3 Å². The fourth-order valence-corrected chi connectivity index (χ4v) is 5.04. The highest BCUT2D eigenvalue weighted by Gasteiger charge is 2.73. The summed E-state index contributed by atoms with van der Waals surface area (Å²) in [7, 11) is 0. The Morgan fingerprint density at radius 1 is 0.944 bits per heavy atom. The molecule has 2 aromatic carbocycles. The summed E-state index contributed by atoms with van der Waals surface area (Å²) in [6, 6.07) is 11.7. The van der Waals surface area contributed by atoms with Crippen molar-refractivity contribution in [2.75, 3.05) is 36.8 Å². The molecule has 0 N–H and O–H groups in total. The first-order valence-corrected chi connectivity index (χ1v) is 12.0. The summed E-state index contributed by atoms with van der Waals surface area (Å²) in [6.45, 7) is 1.97. The van der Waals surface area contributed by atoms with E-state index >= 15 is 0 Å². The van der Waals surface area contributed by atoms with E-state index in [0.717, 1.165) is 29.6 Å². The van der Waals surface area contributed by atoms with Crippen LogP contribution in [0.4, 0.5) is 42.1 Å². The average molecular weight is 558 g/mol. The number of rotatable bonds is 8. The standard InChI is InChI=1S/C21H18F7N3O3S2/c22-19(23,20(24,25)26)21(27,28)36-15-6-7-17(16(12-15)31(33)34)35-13-18(32)30-10-8-29(9-11-30)14-4-2-1-3-5-14/h1-7,12H,8-11,13H2. The molecule has 36 heavy (non-hydrogen) atoms. The van der Waals surface area contributed by atoms with Gasteiger partial charge in [-0.25, -0.2) is 0 Å². The van der Waals surface area contributed by atoms with Gasteiger partial charge >= 0.3 is 17.4 Å². The van der Waals surface area contributed by atoms with Gasteiger partial charge in [0.2, 0.25) is 5.91 Å². The summed E-state index contributed by atoms with van der Waals surface area (Å²) in [5, 5.41) is 5.77. The molecule has 15 heteroatoms. The van der Waals surface area contributed by atoms with Crippen molar-refractivity contribution in [1.82, 2.24) is 4.90 Å². The zero-order valence-corrected chi connectivity index (χ0v) is 19.8. The van der Waals surface area contributed by atoms with E-state index in [1.54, 1.807) is 4.90 Å². The van der Waals surface area contributed by atoms with Gasteiger partial charge < -0.3 is 9.80 Å². The van der Waals surface area contributed by atoms with Crippen LogP contribution in [-0.4, -0.2) is 65.0 Å². The maximum absolute atomic E-state index is 13.7. The molecule has 1 aliphatic rings. The SMILES string of the molecule is O=C(CSc1ccc(SC(F)(F)C(F)(F)C(F)(F)F)cc1[N+](=O)[O-])N1CCN(c2ccccc2)CC1. The molecule has 6 nitrogen and oxygen atoms in total. The van der Waals surface area contributed by atoms with Crippen molar-refractivity contribution >= 4 is 40.8 Å². The normalized spacial score (nSPS) is 15.2. The summed E-state index contributed by atoms with van der Waals surface area (Å²) in [6.07, 6.45) is -6.52. The second kappa shape index (κ2) is 10.7. The predicted octanol–water partition coefficient (Wildman–Crippen LogP) is 5.92. The van der Waals surface area contributed by atoms with Crippen molar-refractivity contribution in [2.45, 2.75) is 27.1 Å². The number of piperazine rings is 1. The minimum absolute atomic E-state index is 0.119. The Morgan fingerprint density at radius 3 is 2.11 bits per heavy atom. The number of benzene rings is 2. The molecular weight excluding hydrogens is 539 g/mol. The van der Waals surface area contributed by atoms with E-state index in [2.05, 4.69) is 4.90 Å². The Labute approximate surface area is 209 Å². The highest BCUT2D eigenvalue weighted by atomic mass is 32.2. The Morgan fingerprint density at radius 2 is 1.56 bits per heavy atom. The first kappa shape index (κ1) is 27.9. The number of carbonyl (C=O) groups excluding carboxylic acids is 1. The van der Waals surface area contributed by atoms with E-state index in [4.69, 9.17) is 0 Å². The van der Waals surface area contributed by atoms with Crippen molar-refractivity contribution in [2.24, 2.45) is 0 Å². The smallest absolute Gasteiger partial charge is 0.368 e. The van der Waals surface area contributed by atoms with E-state index in [9.17, 15) is 45.6 Å². The monoisotopic (exact) mass is 557 g/mol. The van der Waals surface area contributed by atoms with Crippen LogP contribution in [0.5, 0.6) is 0 Å². The predicted molar refractivity (Wildman–Crippen MR) is 121 cm³/mol. The van der Waals surface area contributed by atoms with E-state index in [1.165, 1.54) is 0 Å². The van der Waals surface area contributed by atoms with Crippen LogP contribution >= 0.6 is 23.5 Å². The van der Waals surface area contributed by atoms with Gasteiger partial charge in [-0.1, -0.05) is 18.2 Å². The number of nitrogens with zero attached hydrogens (tertiary/aromatic N) is 3. The Kier molecular flexibility index (Phi) is 8.33. The van der Waals surface area contributed by atoms with Gasteiger partial charge in [0.1, 0.15) is 0 Å². The molecule has 0 radical (unpaired) electrons. The van der Waals surface area contributed by atoms with Gasteiger partial charge in [-0.2, -0.15) is 30.7 Å². The molecule has 1 amide bonds. The van der Waals surface area contributed by atoms with Crippen molar-refractivity contribution in [1.29, 1.82) is 0 Å². The number of hydrogen-bond donors (Lipinski definition) is 0. The lowest BCUT2D eigenvalue weighted by molar-refractivity contribution is -0.387. The van der Waals surface area contributed by atoms with Crippen molar-refractivity contribution < 1.29 is 40.5 Å². The van der Waals surface area contributed by atoms with Gasteiger partial charge in [-0.05, 0) is 36.0 Å². The molecule has 0 spiro atoms. The molecule has 1 heterocycles. The third-order valence-corrected chi connectivity index (χ3v) is 7.25. The molecule has 1 aliphatic heterocycles. The number of halogens is 7. The maximum atomic E-state index is 13.7. The van der Waals surface area contributed by atoms with Gasteiger partial charge in [0.15, 0.2) is 0 Å². The van der Waals surface area contributed by atoms with Gasteiger partial charge in [-0.15, -0.1) is 11.8 Å². The molecule has 2 aromatic rings. The van der Waals surface area contributed by atoms with Gasteiger partial charge in [-0.3, -0.25) is 14.9 Å². The summed E-state index contributed by atoms with van der Waals surface area (Å²) in [4.78, 5) is 25.7. The summed E-state index contributed by atoms with van der Waals surface area (Å²) in [5.41, 5.74) is 0.212. The third kappa shape index (κ3) is 6.17. The number of nitro groups is 1. The fraction of sp³-hybridized carbons (Fsp3) is 0.381. The van der Waals surface area contributed by atoms with Gasteiger partial charge in [0, 0.05) is 42.8 Å². The zero-order valence-electron chi connectivity index (χ0n) is 18.2. The highest BCUT2D eigenvalue weighted by Crippen LogP contribution is 2.54. The molecule has 0 aromatic heterocycles. The molecule has 1 fully saturated rings. The van der Waals surface area contributed by atoms with Gasteiger partial charge in [0.05, 0.1) is 15.6 Å². The number of thioether (sulfide) groups is 2.